The minimum atomic E-state index is -1.06. The first-order valence-electron chi connectivity index (χ1n) is 6.83. The van der Waals surface area contributed by atoms with Gasteiger partial charge in [-0.25, -0.2) is 0 Å². The second-order valence-electron chi connectivity index (χ2n) is 4.96. The molecule has 0 radical (unpaired) electrons. The van der Waals surface area contributed by atoms with Crippen molar-refractivity contribution in [3.63, 3.8) is 0 Å². The molecule has 0 bridgehead atoms. The Labute approximate surface area is 126 Å². The van der Waals surface area contributed by atoms with E-state index in [0.29, 0.717) is 0 Å². The number of ether oxygens (including phenoxy) is 4. The van der Waals surface area contributed by atoms with Crippen LogP contribution in [0.3, 0.4) is 0 Å². The molecule has 0 unspecified atom stereocenters. The first kappa shape index (κ1) is 15.0. The molecule has 1 aromatic rings. The Bertz CT molecular complexity index is 589. The van der Waals surface area contributed by atoms with Crippen molar-refractivity contribution >= 4 is 5.78 Å². The summed E-state index contributed by atoms with van der Waals surface area (Å²) in [6.45, 7) is 0.193. The third-order valence-corrected chi connectivity index (χ3v) is 3.64. The maximum atomic E-state index is 12.5. The first-order chi connectivity index (χ1) is 10.7. The summed E-state index contributed by atoms with van der Waals surface area (Å²) in [7, 11) is 1.38. The zero-order valence-electron chi connectivity index (χ0n) is 11.9. The number of hydrogen-bond acceptors (Lipinski definition) is 6. The summed E-state index contributed by atoms with van der Waals surface area (Å²) in [4.78, 5) is 15.2. The zero-order valence-corrected chi connectivity index (χ0v) is 11.9. The monoisotopic (exact) mass is 305 g/mol. The van der Waals surface area contributed by atoms with Gasteiger partial charge in [0.2, 0.25) is 0 Å². The topological polar surface area (TPSA) is 103 Å². The number of ketones is 1. The Hall–Kier alpha value is -1.96. The van der Waals surface area contributed by atoms with Crippen LogP contribution < -0.4 is 0 Å². The number of rotatable bonds is 3. The fourth-order valence-electron chi connectivity index (χ4n) is 2.58. The van der Waals surface area contributed by atoms with Gasteiger partial charge < -0.3 is 18.9 Å². The van der Waals surface area contributed by atoms with Gasteiger partial charge in [-0.15, -0.1) is 0 Å². The van der Waals surface area contributed by atoms with Crippen molar-refractivity contribution in [2.24, 2.45) is 5.11 Å². The molecule has 0 aromatic heterocycles. The number of nitrogens with zero attached hydrogens (tertiary/aromatic N) is 3. The van der Waals surface area contributed by atoms with Crippen molar-refractivity contribution in [1.82, 2.24) is 0 Å². The second kappa shape index (κ2) is 6.43. The second-order valence-corrected chi connectivity index (χ2v) is 4.96. The average molecular weight is 305 g/mol. The zero-order chi connectivity index (χ0) is 15.5. The van der Waals surface area contributed by atoms with Crippen LogP contribution in [0.5, 0.6) is 0 Å². The van der Waals surface area contributed by atoms with Crippen molar-refractivity contribution in [2.75, 3.05) is 13.7 Å². The van der Waals surface area contributed by atoms with Gasteiger partial charge in [0, 0.05) is 17.6 Å². The number of methoxy groups -OCH3 is 1. The predicted octanol–water partition coefficient (Wildman–Crippen LogP) is 1.72. The van der Waals surface area contributed by atoms with E-state index in [-0.39, 0.29) is 12.4 Å². The fourth-order valence-corrected chi connectivity index (χ4v) is 2.58. The number of hydrogen-bond donors (Lipinski definition) is 0. The molecule has 2 heterocycles. The molecule has 2 saturated heterocycles. The molecule has 116 valence electrons. The van der Waals surface area contributed by atoms with E-state index in [1.165, 1.54) is 7.11 Å². The van der Waals surface area contributed by atoms with Crippen molar-refractivity contribution in [2.45, 2.75) is 30.8 Å². The lowest BCUT2D eigenvalue weighted by atomic mass is 9.98. The molecule has 0 amide bonds. The summed E-state index contributed by atoms with van der Waals surface area (Å²) in [5.74, 6) is -0.356. The summed E-state index contributed by atoms with van der Waals surface area (Å²) in [5.41, 5.74) is 9.41. The minimum Gasteiger partial charge on any atom is -0.355 e. The molecule has 2 fully saturated rings. The van der Waals surface area contributed by atoms with E-state index in [4.69, 9.17) is 24.5 Å². The summed E-state index contributed by atoms with van der Waals surface area (Å²) >= 11 is 0. The molecule has 2 aliphatic heterocycles. The Kier molecular flexibility index (Phi) is 4.37. The van der Waals surface area contributed by atoms with E-state index in [1.54, 1.807) is 0 Å². The van der Waals surface area contributed by atoms with Gasteiger partial charge in [0.05, 0.1) is 6.61 Å². The lowest BCUT2D eigenvalue weighted by Crippen LogP contribution is -2.59. The molecule has 8 nitrogen and oxygen atoms in total. The summed E-state index contributed by atoms with van der Waals surface area (Å²) in [6, 6.07) is 8.23. The molecule has 0 N–H and O–H groups in total. The Morgan fingerprint density at radius 2 is 2.09 bits per heavy atom. The van der Waals surface area contributed by atoms with E-state index in [0.717, 1.165) is 5.56 Å². The van der Waals surface area contributed by atoms with Gasteiger partial charge in [-0.1, -0.05) is 35.4 Å². The SMILES string of the molecule is CO[C@@H]1O[C@@H]2CO[C@@H](c3ccccc3)O[C@H]2C(=O)[C@@H]1N=[N+]=[N-]. The lowest BCUT2D eigenvalue weighted by molar-refractivity contribution is -0.301. The number of carbonyl (C=O) groups excluding carboxylic acids is 1. The number of fused-ring (bicyclic) bond motifs is 1. The van der Waals surface area contributed by atoms with Gasteiger partial charge in [-0.05, 0) is 5.53 Å². The standard InChI is InChI=1S/C14H15N3O5/c1-19-14-10(16-17-15)11(18)12-9(21-14)7-20-13(22-12)8-5-3-2-4-6-8/h2-6,9-10,12-14H,7H2,1H3/t9-,10+,12-,13-,14-/m1/s1. The Morgan fingerprint density at radius 1 is 1.32 bits per heavy atom. The van der Waals surface area contributed by atoms with Gasteiger partial charge in [-0.3, -0.25) is 4.79 Å². The molecular formula is C14H15N3O5. The van der Waals surface area contributed by atoms with Crippen molar-refractivity contribution in [3.8, 4) is 0 Å². The van der Waals surface area contributed by atoms with Crippen LogP contribution in [-0.4, -0.2) is 44.0 Å². The van der Waals surface area contributed by atoms with E-state index < -0.39 is 30.8 Å². The van der Waals surface area contributed by atoms with Crippen LogP contribution in [0.25, 0.3) is 10.4 Å². The van der Waals surface area contributed by atoms with Crippen molar-refractivity contribution in [3.05, 3.63) is 46.3 Å². The number of Topliss-reactive ketones (excluding diaryl/α,β-unsaturated/α-hetero) is 1. The van der Waals surface area contributed by atoms with Gasteiger partial charge in [0.25, 0.3) is 0 Å². The first-order valence-corrected chi connectivity index (χ1v) is 6.83. The largest absolute Gasteiger partial charge is 0.355 e. The van der Waals surface area contributed by atoms with Gasteiger partial charge in [-0.2, -0.15) is 0 Å². The summed E-state index contributed by atoms with van der Waals surface area (Å²) in [6.07, 6.45) is -3.01. The van der Waals surface area contributed by atoms with Crippen molar-refractivity contribution in [1.29, 1.82) is 0 Å². The summed E-state index contributed by atoms with van der Waals surface area (Å²) < 4.78 is 22.0. The molecule has 2 aliphatic rings. The third-order valence-electron chi connectivity index (χ3n) is 3.64. The van der Waals surface area contributed by atoms with Crippen LogP contribution >= 0.6 is 0 Å². The molecule has 3 rings (SSSR count). The summed E-state index contributed by atoms with van der Waals surface area (Å²) in [5, 5.41) is 3.47. The smallest absolute Gasteiger partial charge is 0.184 e. The van der Waals surface area contributed by atoms with Crippen LogP contribution in [0.15, 0.2) is 35.4 Å². The van der Waals surface area contributed by atoms with Crippen LogP contribution in [0.2, 0.25) is 0 Å². The van der Waals surface area contributed by atoms with Gasteiger partial charge >= 0.3 is 0 Å². The fraction of sp³-hybridized carbons (Fsp3) is 0.500. The van der Waals surface area contributed by atoms with Crippen LogP contribution in [-0.2, 0) is 23.7 Å². The van der Waals surface area contributed by atoms with E-state index in [1.807, 2.05) is 30.3 Å². The highest BCUT2D eigenvalue weighted by Crippen LogP contribution is 2.33. The molecule has 8 heteroatoms. The maximum Gasteiger partial charge on any atom is 0.184 e. The minimum absolute atomic E-state index is 0.193. The molecular weight excluding hydrogens is 290 g/mol. The molecule has 1 aromatic carbocycles. The number of benzene rings is 1. The van der Waals surface area contributed by atoms with E-state index in [9.17, 15) is 4.79 Å². The van der Waals surface area contributed by atoms with Crippen LogP contribution in [0.1, 0.15) is 11.9 Å². The Balaban J connectivity index is 1.80. The number of carbonyl (C=O) groups is 1. The Morgan fingerprint density at radius 3 is 2.77 bits per heavy atom. The highest BCUT2D eigenvalue weighted by Gasteiger charge is 2.49. The van der Waals surface area contributed by atoms with Crippen LogP contribution in [0, 0.1) is 0 Å². The highest BCUT2D eigenvalue weighted by atomic mass is 16.7. The van der Waals surface area contributed by atoms with Crippen LogP contribution in [0.4, 0.5) is 0 Å². The normalized spacial score (nSPS) is 34.6. The third kappa shape index (κ3) is 2.70. The molecule has 5 atom stereocenters. The van der Waals surface area contributed by atoms with Gasteiger partial charge in [0.1, 0.15) is 18.2 Å². The highest BCUT2D eigenvalue weighted by molar-refractivity contribution is 5.90. The molecule has 0 spiro atoms. The molecule has 0 saturated carbocycles. The molecule has 0 aliphatic carbocycles. The predicted molar refractivity (Wildman–Crippen MR) is 73.6 cm³/mol. The average Bonchev–Trinajstić information content (AvgIpc) is 2.58. The van der Waals surface area contributed by atoms with Crippen molar-refractivity contribution < 1.29 is 23.7 Å². The van der Waals surface area contributed by atoms with E-state index >= 15 is 0 Å². The van der Waals surface area contributed by atoms with E-state index in [2.05, 4.69) is 10.0 Å². The van der Waals surface area contributed by atoms with Gasteiger partial charge in [0.15, 0.2) is 18.4 Å². The maximum absolute atomic E-state index is 12.5. The number of azide groups is 1. The lowest BCUT2D eigenvalue weighted by Gasteiger charge is -2.42. The molecule has 22 heavy (non-hydrogen) atoms. The quantitative estimate of drug-likeness (QED) is 0.480.